The van der Waals surface area contributed by atoms with Gasteiger partial charge in [-0.2, -0.15) is 0 Å². The van der Waals surface area contributed by atoms with Crippen molar-refractivity contribution in [3.8, 4) is 21.9 Å². The highest BCUT2D eigenvalue weighted by atomic mass is 32.1. The Morgan fingerprint density at radius 3 is 2.37 bits per heavy atom. The van der Waals surface area contributed by atoms with E-state index in [9.17, 15) is 14.7 Å². The molecule has 0 atom stereocenters. The quantitative estimate of drug-likeness (QED) is 0.641. The third-order valence-corrected chi connectivity index (χ3v) is 4.80. The minimum atomic E-state index is -1.10. The summed E-state index contributed by atoms with van der Waals surface area (Å²) < 4.78 is 10.6. The average Bonchev–Trinajstić information content (AvgIpc) is 3.11. The van der Waals surface area contributed by atoms with E-state index in [1.807, 2.05) is 30.3 Å². The molecule has 7 heteroatoms. The zero-order chi connectivity index (χ0) is 19.2. The Balaban J connectivity index is 1.73. The van der Waals surface area contributed by atoms with Gasteiger partial charge in [-0.3, -0.25) is 4.79 Å². The van der Waals surface area contributed by atoms with Gasteiger partial charge in [-0.15, -0.1) is 11.3 Å². The van der Waals surface area contributed by atoms with E-state index >= 15 is 0 Å². The minimum absolute atomic E-state index is 0.0458. The van der Waals surface area contributed by atoms with Gasteiger partial charge in [0.1, 0.15) is 5.00 Å². The van der Waals surface area contributed by atoms with Gasteiger partial charge in [-0.05, 0) is 23.8 Å². The summed E-state index contributed by atoms with van der Waals surface area (Å²) in [5, 5.41) is 12.3. The van der Waals surface area contributed by atoms with Crippen molar-refractivity contribution in [2.75, 3.05) is 19.0 Å². The number of ether oxygens (including phenoxy) is 2. The molecule has 6 nitrogen and oxygen atoms in total. The van der Waals surface area contributed by atoms with Crippen LogP contribution in [-0.2, 0) is 4.79 Å². The molecule has 2 N–H and O–H groups in total. The smallest absolute Gasteiger partial charge is 0.338 e. The standard InChI is InChI=1S/C20H17NO5S/c1-25-15-9-5-6-10-16(15)26-12-18(22)21-19-14(20(23)24)11-17(27-19)13-7-3-2-4-8-13/h2-11H,12H2,1H3,(H,21,22)(H,23,24). The van der Waals surface area contributed by atoms with Crippen LogP contribution in [0.2, 0.25) is 0 Å². The Hall–Kier alpha value is -3.32. The van der Waals surface area contributed by atoms with Gasteiger partial charge in [0.2, 0.25) is 0 Å². The molecule has 0 fully saturated rings. The van der Waals surface area contributed by atoms with E-state index in [-0.39, 0.29) is 17.2 Å². The molecule has 0 aliphatic rings. The van der Waals surface area contributed by atoms with Gasteiger partial charge in [-0.1, -0.05) is 42.5 Å². The number of benzene rings is 2. The second-order valence-electron chi connectivity index (χ2n) is 5.51. The van der Waals surface area contributed by atoms with Crippen molar-refractivity contribution >= 4 is 28.2 Å². The summed E-state index contributed by atoms with van der Waals surface area (Å²) in [5.74, 6) is -0.608. The molecule has 0 unspecified atom stereocenters. The fourth-order valence-corrected chi connectivity index (χ4v) is 3.50. The first-order valence-corrected chi connectivity index (χ1v) is 8.88. The highest BCUT2D eigenvalue weighted by Crippen LogP contribution is 2.35. The van der Waals surface area contributed by atoms with E-state index in [2.05, 4.69) is 5.32 Å². The molecular formula is C20H17NO5S. The Kier molecular flexibility index (Phi) is 5.73. The van der Waals surface area contributed by atoms with Crippen LogP contribution >= 0.6 is 11.3 Å². The van der Waals surface area contributed by atoms with E-state index in [1.165, 1.54) is 18.4 Å². The molecule has 3 rings (SSSR count). The van der Waals surface area contributed by atoms with Gasteiger partial charge >= 0.3 is 5.97 Å². The number of rotatable bonds is 7. The summed E-state index contributed by atoms with van der Waals surface area (Å²) in [7, 11) is 1.51. The number of thiophene rings is 1. The maximum absolute atomic E-state index is 12.2. The minimum Gasteiger partial charge on any atom is -0.493 e. The molecule has 2 aromatic carbocycles. The predicted molar refractivity (Wildman–Crippen MR) is 104 cm³/mol. The number of para-hydroxylation sites is 2. The molecular weight excluding hydrogens is 366 g/mol. The molecule has 1 aromatic heterocycles. The molecule has 1 heterocycles. The number of amides is 1. The van der Waals surface area contributed by atoms with Gasteiger partial charge < -0.3 is 19.9 Å². The maximum Gasteiger partial charge on any atom is 0.338 e. The zero-order valence-corrected chi connectivity index (χ0v) is 15.3. The Morgan fingerprint density at radius 1 is 1.04 bits per heavy atom. The number of nitrogens with one attached hydrogen (secondary N) is 1. The van der Waals surface area contributed by atoms with E-state index in [0.717, 1.165) is 10.4 Å². The lowest BCUT2D eigenvalue weighted by atomic mass is 10.1. The van der Waals surface area contributed by atoms with Crippen LogP contribution in [-0.4, -0.2) is 30.7 Å². The largest absolute Gasteiger partial charge is 0.493 e. The van der Waals surface area contributed by atoms with Crippen molar-refractivity contribution in [2.45, 2.75) is 0 Å². The van der Waals surface area contributed by atoms with E-state index in [4.69, 9.17) is 9.47 Å². The molecule has 0 saturated carbocycles. The number of hydrogen-bond donors (Lipinski definition) is 2. The molecule has 0 bridgehead atoms. The maximum atomic E-state index is 12.2. The molecule has 0 aliphatic heterocycles. The van der Waals surface area contributed by atoms with Crippen molar-refractivity contribution in [1.29, 1.82) is 0 Å². The predicted octanol–water partition coefficient (Wildman–Crippen LogP) is 4.14. The molecule has 0 radical (unpaired) electrons. The number of carbonyl (C=O) groups is 2. The molecule has 138 valence electrons. The van der Waals surface area contributed by atoms with Crippen LogP contribution in [0.25, 0.3) is 10.4 Å². The van der Waals surface area contributed by atoms with Crippen molar-refractivity contribution in [3.05, 3.63) is 66.2 Å². The lowest BCUT2D eigenvalue weighted by Gasteiger charge is -2.10. The lowest BCUT2D eigenvalue weighted by Crippen LogP contribution is -2.20. The molecule has 0 aliphatic carbocycles. The highest BCUT2D eigenvalue weighted by molar-refractivity contribution is 7.20. The topological polar surface area (TPSA) is 84.9 Å². The second-order valence-corrected chi connectivity index (χ2v) is 6.56. The second kappa shape index (κ2) is 8.37. The number of aromatic carboxylic acids is 1. The summed E-state index contributed by atoms with van der Waals surface area (Å²) in [6.45, 7) is -0.266. The molecule has 1 amide bonds. The van der Waals surface area contributed by atoms with E-state index in [0.29, 0.717) is 11.5 Å². The lowest BCUT2D eigenvalue weighted by molar-refractivity contribution is -0.118. The summed E-state index contributed by atoms with van der Waals surface area (Å²) in [5.41, 5.74) is 0.931. The third-order valence-electron chi connectivity index (χ3n) is 3.70. The third kappa shape index (κ3) is 4.45. The van der Waals surface area contributed by atoms with Crippen LogP contribution in [0.3, 0.4) is 0 Å². The van der Waals surface area contributed by atoms with Crippen LogP contribution < -0.4 is 14.8 Å². The van der Waals surface area contributed by atoms with Crippen LogP contribution in [0, 0.1) is 0 Å². The Morgan fingerprint density at radius 2 is 1.70 bits per heavy atom. The molecule has 0 saturated heterocycles. The number of methoxy groups -OCH3 is 1. The SMILES string of the molecule is COc1ccccc1OCC(=O)Nc1sc(-c2ccccc2)cc1C(=O)O. The van der Waals surface area contributed by atoms with Gasteiger partial charge in [-0.25, -0.2) is 4.79 Å². The van der Waals surface area contributed by atoms with Crippen molar-refractivity contribution in [2.24, 2.45) is 0 Å². The van der Waals surface area contributed by atoms with Gasteiger partial charge in [0, 0.05) is 4.88 Å². The summed E-state index contributed by atoms with van der Waals surface area (Å²) >= 11 is 1.21. The van der Waals surface area contributed by atoms with Crippen LogP contribution in [0.15, 0.2) is 60.7 Å². The summed E-state index contributed by atoms with van der Waals surface area (Å²) in [6.07, 6.45) is 0. The monoisotopic (exact) mass is 383 g/mol. The van der Waals surface area contributed by atoms with Gasteiger partial charge in [0.15, 0.2) is 18.1 Å². The number of carboxylic acids is 1. The number of carbonyl (C=O) groups excluding carboxylic acids is 1. The number of hydrogen-bond acceptors (Lipinski definition) is 5. The van der Waals surface area contributed by atoms with Crippen molar-refractivity contribution < 1.29 is 24.2 Å². The Labute approximate surface area is 160 Å². The summed E-state index contributed by atoms with van der Waals surface area (Å²) in [6, 6.07) is 17.9. The van der Waals surface area contributed by atoms with E-state index in [1.54, 1.807) is 30.3 Å². The Bertz CT molecular complexity index is 952. The first-order valence-electron chi connectivity index (χ1n) is 8.06. The summed E-state index contributed by atoms with van der Waals surface area (Å²) in [4.78, 5) is 24.5. The highest BCUT2D eigenvalue weighted by Gasteiger charge is 2.18. The van der Waals surface area contributed by atoms with Gasteiger partial charge in [0.05, 0.1) is 12.7 Å². The van der Waals surface area contributed by atoms with Crippen LogP contribution in [0.5, 0.6) is 11.5 Å². The molecule has 3 aromatic rings. The first-order chi connectivity index (χ1) is 13.1. The van der Waals surface area contributed by atoms with Crippen LogP contribution in [0.1, 0.15) is 10.4 Å². The number of anilines is 1. The fourth-order valence-electron chi connectivity index (χ4n) is 2.43. The van der Waals surface area contributed by atoms with E-state index < -0.39 is 11.9 Å². The normalized spacial score (nSPS) is 10.3. The zero-order valence-electron chi connectivity index (χ0n) is 14.5. The van der Waals surface area contributed by atoms with Gasteiger partial charge in [0.25, 0.3) is 5.91 Å². The molecule has 0 spiro atoms. The fraction of sp³-hybridized carbons (Fsp3) is 0.100. The van der Waals surface area contributed by atoms with Crippen LogP contribution in [0.4, 0.5) is 5.00 Å². The molecule has 27 heavy (non-hydrogen) atoms. The average molecular weight is 383 g/mol. The van der Waals surface area contributed by atoms with Crippen molar-refractivity contribution in [3.63, 3.8) is 0 Å². The number of carboxylic acid groups (broad SMARTS) is 1. The first kappa shape index (κ1) is 18.5. The van der Waals surface area contributed by atoms with Crippen molar-refractivity contribution in [1.82, 2.24) is 0 Å².